The Balaban J connectivity index is 1.39. The number of hydrogen-bond acceptors (Lipinski definition) is 1. The predicted octanol–water partition coefficient (Wildman–Crippen LogP) is 6.58. The fraction of sp³-hybridized carbons (Fsp3) is 0.731. The molecule has 2 nitrogen and oxygen atoms in total. The number of benzene rings is 1. The first-order valence-electron chi connectivity index (χ1n) is 11.9. The Labute approximate surface area is 181 Å². The van der Waals surface area contributed by atoms with Crippen molar-refractivity contribution in [2.45, 2.75) is 84.1 Å². The molecule has 3 saturated carbocycles. The molecule has 1 unspecified atom stereocenters. The summed E-state index contributed by atoms with van der Waals surface area (Å²) in [5, 5.41) is 4.20. The monoisotopic (exact) mass is 413 g/mol. The van der Waals surface area contributed by atoms with Crippen LogP contribution in [0.5, 0.6) is 0 Å². The third kappa shape index (κ3) is 2.99. The lowest BCUT2D eigenvalue weighted by Crippen LogP contribution is -2.61. The van der Waals surface area contributed by atoms with E-state index in [4.69, 9.17) is 11.6 Å². The van der Waals surface area contributed by atoms with Crippen LogP contribution >= 0.6 is 11.6 Å². The maximum Gasteiger partial charge on any atom is 0.220 e. The Hall–Kier alpha value is -1.02. The van der Waals surface area contributed by atoms with Crippen LogP contribution in [0.15, 0.2) is 24.3 Å². The molecule has 0 radical (unpaired) electrons. The van der Waals surface area contributed by atoms with Gasteiger partial charge in [-0.15, -0.1) is 0 Å². The smallest absolute Gasteiger partial charge is 0.220 e. The van der Waals surface area contributed by atoms with Crippen molar-refractivity contribution in [1.82, 2.24) is 5.32 Å². The van der Waals surface area contributed by atoms with Crippen molar-refractivity contribution < 1.29 is 4.79 Å². The average Bonchev–Trinajstić information content (AvgIpc) is 3.06. The van der Waals surface area contributed by atoms with E-state index in [0.29, 0.717) is 22.8 Å². The summed E-state index contributed by atoms with van der Waals surface area (Å²) in [7, 11) is 0. The van der Waals surface area contributed by atoms with Crippen LogP contribution in [0.1, 0.15) is 83.6 Å². The first-order valence-corrected chi connectivity index (χ1v) is 12.3. The number of nitrogens with one attached hydrogen (secondary N) is 1. The highest BCUT2D eigenvalue weighted by Gasteiger charge is 2.60. The third-order valence-corrected chi connectivity index (χ3v) is 10.4. The van der Waals surface area contributed by atoms with Crippen molar-refractivity contribution in [3.05, 3.63) is 34.9 Å². The van der Waals surface area contributed by atoms with Gasteiger partial charge in [-0.2, -0.15) is 0 Å². The summed E-state index contributed by atoms with van der Waals surface area (Å²) in [6, 6.07) is 9.01. The number of amides is 1. The minimum atomic E-state index is 0.282. The van der Waals surface area contributed by atoms with E-state index in [0.717, 1.165) is 41.5 Å². The molecule has 4 fully saturated rings. The van der Waals surface area contributed by atoms with Gasteiger partial charge in [0.1, 0.15) is 0 Å². The lowest BCUT2D eigenvalue weighted by Gasteiger charge is -2.60. The Morgan fingerprint density at radius 1 is 0.966 bits per heavy atom. The van der Waals surface area contributed by atoms with Gasteiger partial charge in [-0.05, 0) is 103 Å². The summed E-state index contributed by atoms with van der Waals surface area (Å²) in [6.45, 7) is 7.57. The minimum Gasteiger partial charge on any atom is -0.353 e. The summed E-state index contributed by atoms with van der Waals surface area (Å²) < 4.78 is 0. The normalized spacial score (nSPS) is 45.0. The number of carbonyl (C=O) groups excluding carboxylic acids is 1. The molecule has 158 valence electrons. The summed E-state index contributed by atoms with van der Waals surface area (Å²) in [4.78, 5) is 12.0. The fourth-order valence-corrected chi connectivity index (χ4v) is 8.69. The molecule has 8 atom stereocenters. The Kier molecular flexibility index (Phi) is 4.81. The molecule has 1 N–H and O–H groups in total. The van der Waals surface area contributed by atoms with E-state index in [1.807, 2.05) is 0 Å². The second-order valence-corrected chi connectivity index (χ2v) is 11.6. The largest absolute Gasteiger partial charge is 0.353 e. The maximum absolute atomic E-state index is 12.0. The number of carbonyl (C=O) groups is 1. The van der Waals surface area contributed by atoms with E-state index in [9.17, 15) is 4.79 Å². The molecule has 5 rings (SSSR count). The van der Waals surface area contributed by atoms with Crippen molar-refractivity contribution in [3.63, 3.8) is 0 Å². The van der Waals surface area contributed by atoms with Crippen LogP contribution in [0.2, 0.25) is 5.02 Å². The van der Waals surface area contributed by atoms with Gasteiger partial charge in [0.05, 0.1) is 0 Å². The maximum atomic E-state index is 12.0. The molecule has 4 aliphatic rings. The highest BCUT2D eigenvalue weighted by Crippen LogP contribution is 2.67. The lowest BCUT2D eigenvalue weighted by molar-refractivity contribution is -0.137. The molecular weight excluding hydrogens is 378 g/mol. The molecule has 0 aromatic heterocycles. The highest BCUT2D eigenvalue weighted by molar-refractivity contribution is 6.30. The van der Waals surface area contributed by atoms with Gasteiger partial charge in [-0.25, -0.2) is 0 Å². The van der Waals surface area contributed by atoms with E-state index in [-0.39, 0.29) is 5.91 Å². The molecule has 1 aromatic carbocycles. The summed E-state index contributed by atoms with van der Waals surface area (Å²) >= 11 is 6.14. The van der Waals surface area contributed by atoms with Gasteiger partial charge in [0.2, 0.25) is 5.91 Å². The number of rotatable bonds is 2. The molecule has 1 heterocycles. The van der Waals surface area contributed by atoms with E-state index in [1.54, 1.807) is 0 Å². The van der Waals surface area contributed by atoms with E-state index in [1.165, 1.54) is 44.1 Å². The SMILES string of the molecule is CC(c1ccc(Cl)cc1)[C@H]1CC[C@H]2[C@@H]3CC[C@H]4NC(=O)CC[C@]4(C)[C@H]3CC[C@]12C. The van der Waals surface area contributed by atoms with Crippen LogP contribution in [0, 0.1) is 34.5 Å². The summed E-state index contributed by atoms with van der Waals surface area (Å²) in [5.41, 5.74) is 2.23. The Morgan fingerprint density at radius 3 is 2.45 bits per heavy atom. The molecule has 29 heavy (non-hydrogen) atoms. The quantitative estimate of drug-likeness (QED) is 0.582. The molecule has 1 aliphatic heterocycles. The second kappa shape index (κ2) is 7.01. The molecule has 3 aliphatic carbocycles. The number of fused-ring (bicyclic) bond motifs is 5. The Bertz CT molecular complexity index is 790. The van der Waals surface area contributed by atoms with E-state index >= 15 is 0 Å². The molecule has 1 saturated heterocycles. The summed E-state index contributed by atoms with van der Waals surface area (Å²) in [5.74, 6) is 4.16. The van der Waals surface area contributed by atoms with Crippen LogP contribution in [0.25, 0.3) is 0 Å². The molecule has 0 spiro atoms. The zero-order valence-corrected chi connectivity index (χ0v) is 19.0. The van der Waals surface area contributed by atoms with Crippen LogP contribution in [0.3, 0.4) is 0 Å². The van der Waals surface area contributed by atoms with E-state index < -0.39 is 0 Å². The van der Waals surface area contributed by atoms with Crippen molar-refractivity contribution in [2.24, 2.45) is 34.5 Å². The first kappa shape index (κ1) is 19.9. The van der Waals surface area contributed by atoms with Crippen LogP contribution in [0.4, 0.5) is 0 Å². The van der Waals surface area contributed by atoms with Crippen molar-refractivity contribution >= 4 is 17.5 Å². The standard InChI is InChI=1S/C26H36ClNO/c1-16(17-4-6-18(27)7-5-17)20-9-10-21-19-8-11-23-26(3,15-13-24(29)28-23)22(19)12-14-25(20,21)2/h4-7,16,19-23H,8-15H2,1-3H3,(H,28,29)/t16?,19-,20+,21-,22-,23+,25+,26+/m0/s1. The fourth-order valence-electron chi connectivity index (χ4n) is 8.56. The lowest BCUT2D eigenvalue weighted by atomic mass is 9.46. The Morgan fingerprint density at radius 2 is 1.69 bits per heavy atom. The second-order valence-electron chi connectivity index (χ2n) is 11.1. The van der Waals surface area contributed by atoms with Crippen LogP contribution < -0.4 is 5.32 Å². The van der Waals surface area contributed by atoms with Gasteiger partial charge >= 0.3 is 0 Å². The molecule has 1 aromatic rings. The van der Waals surface area contributed by atoms with Gasteiger partial charge in [0.25, 0.3) is 0 Å². The number of piperidine rings is 1. The van der Waals surface area contributed by atoms with Gasteiger partial charge in [0, 0.05) is 17.5 Å². The van der Waals surface area contributed by atoms with Crippen LogP contribution in [-0.2, 0) is 4.79 Å². The van der Waals surface area contributed by atoms with Gasteiger partial charge in [0.15, 0.2) is 0 Å². The topological polar surface area (TPSA) is 29.1 Å². The van der Waals surface area contributed by atoms with Crippen molar-refractivity contribution in [3.8, 4) is 0 Å². The van der Waals surface area contributed by atoms with Gasteiger partial charge < -0.3 is 5.32 Å². The van der Waals surface area contributed by atoms with Crippen LogP contribution in [-0.4, -0.2) is 11.9 Å². The molecule has 0 bridgehead atoms. The predicted molar refractivity (Wildman–Crippen MR) is 119 cm³/mol. The number of halogens is 1. The van der Waals surface area contributed by atoms with E-state index in [2.05, 4.69) is 50.4 Å². The summed E-state index contributed by atoms with van der Waals surface area (Å²) in [6.07, 6.45) is 9.80. The first-order chi connectivity index (χ1) is 13.8. The average molecular weight is 414 g/mol. The minimum absolute atomic E-state index is 0.282. The third-order valence-electron chi connectivity index (χ3n) is 10.2. The number of hydrogen-bond donors (Lipinski definition) is 1. The van der Waals surface area contributed by atoms with Gasteiger partial charge in [-0.1, -0.05) is 44.5 Å². The molecule has 3 heteroatoms. The molecular formula is C26H36ClNO. The zero-order chi connectivity index (χ0) is 20.4. The van der Waals surface area contributed by atoms with Crippen molar-refractivity contribution in [1.29, 1.82) is 0 Å². The highest BCUT2D eigenvalue weighted by atomic mass is 35.5. The van der Waals surface area contributed by atoms with Gasteiger partial charge in [-0.3, -0.25) is 4.79 Å². The van der Waals surface area contributed by atoms with Crippen molar-refractivity contribution in [2.75, 3.05) is 0 Å². The zero-order valence-electron chi connectivity index (χ0n) is 18.2. The molecule has 1 amide bonds.